The Hall–Kier alpha value is -2.53. The number of benzene rings is 2. The van der Waals surface area contributed by atoms with Gasteiger partial charge in [-0.3, -0.25) is 4.79 Å². The minimum Gasteiger partial charge on any atom is -0.497 e. The molecule has 1 fully saturated rings. The van der Waals surface area contributed by atoms with E-state index in [-0.39, 0.29) is 11.4 Å². The normalized spacial score (nSPS) is 16.2. The fourth-order valence-electron chi connectivity index (χ4n) is 3.20. The molecular formula is C21H26N2O3. The van der Waals surface area contributed by atoms with Crippen LogP contribution in [0.4, 0.5) is 11.4 Å². The number of hydrogen-bond donors (Lipinski definition) is 1. The maximum atomic E-state index is 12.3. The Kier molecular flexibility index (Phi) is 5.47. The van der Waals surface area contributed by atoms with Gasteiger partial charge in [0.15, 0.2) is 0 Å². The maximum Gasteiger partial charge on any atom is 0.228 e. The summed E-state index contributed by atoms with van der Waals surface area (Å²) in [6, 6.07) is 15.5. The molecule has 0 aromatic heterocycles. The quantitative estimate of drug-likeness (QED) is 0.893. The molecule has 1 heterocycles. The van der Waals surface area contributed by atoms with Gasteiger partial charge in [0.2, 0.25) is 5.91 Å². The zero-order valence-corrected chi connectivity index (χ0v) is 15.6. The van der Waals surface area contributed by atoms with Gasteiger partial charge in [0.05, 0.1) is 32.3 Å². The van der Waals surface area contributed by atoms with E-state index >= 15 is 0 Å². The highest BCUT2D eigenvalue weighted by Gasteiger charge is 2.30. The summed E-state index contributed by atoms with van der Waals surface area (Å²) in [4.78, 5) is 14.6. The first-order chi connectivity index (χ1) is 12.5. The van der Waals surface area contributed by atoms with Crippen LogP contribution in [0.1, 0.15) is 19.4 Å². The number of methoxy groups -OCH3 is 1. The Morgan fingerprint density at radius 1 is 1.15 bits per heavy atom. The number of carbonyl (C=O) groups excluding carboxylic acids is 1. The van der Waals surface area contributed by atoms with Crippen LogP contribution >= 0.6 is 0 Å². The smallest absolute Gasteiger partial charge is 0.228 e. The first-order valence-corrected chi connectivity index (χ1v) is 8.86. The lowest BCUT2D eigenvalue weighted by Gasteiger charge is -2.43. The van der Waals surface area contributed by atoms with E-state index in [4.69, 9.17) is 9.47 Å². The molecule has 0 spiro atoms. The molecule has 1 aliphatic heterocycles. The Morgan fingerprint density at radius 2 is 1.85 bits per heavy atom. The topological polar surface area (TPSA) is 50.8 Å². The van der Waals surface area contributed by atoms with Gasteiger partial charge >= 0.3 is 0 Å². The molecule has 0 bridgehead atoms. The number of anilines is 2. The molecule has 1 N–H and O–H groups in total. The van der Waals surface area contributed by atoms with Crippen molar-refractivity contribution in [2.45, 2.75) is 25.8 Å². The van der Waals surface area contributed by atoms with Crippen LogP contribution in [0.2, 0.25) is 0 Å². The van der Waals surface area contributed by atoms with E-state index in [1.54, 1.807) is 7.11 Å². The monoisotopic (exact) mass is 354 g/mol. The van der Waals surface area contributed by atoms with Gasteiger partial charge in [0, 0.05) is 17.9 Å². The lowest BCUT2D eigenvalue weighted by molar-refractivity contribution is -0.115. The lowest BCUT2D eigenvalue weighted by atomic mass is 10.0. The van der Waals surface area contributed by atoms with E-state index in [1.807, 2.05) is 36.4 Å². The minimum absolute atomic E-state index is 0.0304. The van der Waals surface area contributed by atoms with E-state index in [0.717, 1.165) is 35.8 Å². The van der Waals surface area contributed by atoms with Crippen molar-refractivity contribution in [3.8, 4) is 5.75 Å². The summed E-state index contributed by atoms with van der Waals surface area (Å²) >= 11 is 0. The number of rotatable bonds is 5. The third kappa shape index (κ3) is 4.35. The lowest BCUT2D eigenvalue weighted by Crippen LogP contribution is -2.53. The van der Waals surface area contributed by atoms with Crippen molar-refractivity contribution < 1.29 is 14.3 Å². The summed E-state index contributed by atoms with van der Waals surface area (Å²) in [5.74, 6) is 0.755. The molecule has 0 radical (unpaired) electrons. The van der Waals surface area contributed by atoms with E-state index in [1.165, 1.54) is 0 Å². The molecule has 138 valence electrons. The van der Waals surface area contributed by atoms with Crippen LogP contribution in [0.15, 0.2) is 48.5 Å². The standard InChI is InChI=1S/C21H26N2O3/c1-21(2)15-26-13-12-23(21)18-8-6-17(7-9-18)22-20(24)14-16-4-10-19(25-3)11-5-16/h4-11H,12-15H2,1-3H3,(H,22,24). The van der Waals surface area contributed by atoms with Gasteiger partial charge in [0.1, 0.15) is 5.75 Å². The van der Waals surface area contributed by atoms with E-state index in [2.05, 4.69) is 36.2 Å². The maximum absolute atomic E-state index is 12.3. The highest BCUT2D eigenvalue weighted by atomic mass is 16.5. The van der Waals surface area contributed by atoms with Crippen LogP contribution in [0, 0.1) is 0 Å². The third-order valence-electron chi connectivity index (χ3n) is 4.63. The summed E-state index contributed by atoms with van der Waals surface area (Å²) in [5, 5.41) is 2.96. The Balaban J connectivity index is 1.60. The molecule has 0 atom stereocenters. The van der Waals surface area contributed by atoms with Crippen LogP contribution in [0.3, 0.4) is 0 Å². The van der Waals surface area contributed by atoms with Crippen molar-refractivity contribution >= 4 is 17.3 Å². The first-order valence-electron chi connectivity index (χ1n) is 8.86. The van der Waals surface area contributed by atoms with Gasteiger partial charge in [-0.1, -0.05) is 12.1 Å². The van der Waals surface area contributed by atoms with Crippen LogP contribution in [0.25, 0.3) is 0 Å². The molecule has 0 saturated carbocycles. The van der Waals surface area contributed by atoms with Crippen LogP contribution < -0.4 is 15.0 Å². The number of amides is 1. The summed E-state index contributed by atoms with van der Waals surface area (Å²) < 4.78 is 10.7. The predicted molar refractivity (Wildman–Crippen MR) is 104 cm³/mol. The van der Waals surface area contributed by atoms with Gasteiger partial charge in [-0.2, -0.15) is 0 Å². The Bertz CT molecular complexity index is 739. The van der Waals surface area contributed by atoms with Gasteiger partial charge in [-0.25, -0.2) is 0 Å². The average Bonchev–Trinajstić information content (AvgIpc) is 2.63. The summed E-state index contributed by atoms with van der Waals surface area (Å²) in [7, 11) is 1.63. The van der Waals surface area contributed by atoms with Gasteiger partial charge in [0.25, 0.3) is 0 Å². The van der Waals surface area contributed by atoms with Crippen LogP contribution in [-0.2, 0) is 16.0 Å². The summed E-state index contributed by atoms with van der Waals surface area (Å²) in [6.07, 6.45) is 0.336. The molecule has 1 amide bonds. The molecule has 26 heavy (non-hydrogen) atoms. The molecule has 2 aromatic carbocycles. The molecule has 1 saturated heterocycles. The largest absolute Gasteiger partial charge is 0.497 e. The minimum atomic E-state index is -0.0328. The van der Waals surface area contributed by atoms with Crippen molar-refractivity contribution in [1.82, 2.24) is 0 Å². The molecule has 0 unspecified atom stereocenters. The fraction of sp³-hybridized carbons (Fsp3) is 0.381. The van der Waals surface area contributed by atoms with Crippen LogP contribution in [0.5, 0.6) is 5.75 Å². The number of hydrogen-bond acceptors (Lipinski definition) is 4. The molecule has 1 aliphatic rings. The summed E-state index contributed by atoms with van der Waals surface area (Å²) in [6.45, 7) is 6.68. The highest BCUT2D eigenvalue weighted by molar-refractivity contribution is 5.92. The summed E-state index contributed by atoms with van der Waals surface area (Å²) in [5.41, 5.74) is 2.87. The van der Waals surface area contributed by atoms with Gasteiger partial charge < -0.3 is 19.7 Å². The van der Waals surface area contributed by atoms with Gasteiger partial charge in [-0.05, 0) is 55.8 Å². The van der Waals surface area contributed by atoms with Crippen molar-refractivity contribution in [1.29, 1.82) is 0 Å². The van der Waals surface area contributed by atoms with Gasteiger partial charge in [-0.15, -0.1) is 0 Å². The van der Waals surface area contributed by atoms with E-state index in [9.17, 15) is 4.79 Å². The second-order valence-corrected chi connectivity index (χ2v) is 7.14. The fourth-order valence-corrected chi connectivity index (χ4v) is 3.20. The number of nitrogens with one attached hydrogen (secondary N) is 1. The Morgan fingerprint density at radius 3 is 2.46 bits per heavy atom. The average molecular weight is 354 g/mol. The van der Waals surface area contributed by atoms with Crippen molar-refractivity contribution in [2.75, 3.05) is 37.1 Å². The van der Waals surface area contributed by atoms with E-state index < -0.39 is 0 Å². The SMILES string of the molecule is COc1ccc(CC(=O)Nc2ccc(N3CCOCC3(C)C)cc2)cc1. The number of ether oxygens (including phenoxy) is 2. The highest BCUT2D eigenvalue weighted by Crippen LogP contribution is 2.28. The van der Waals surface area contributed by atoms with Crippen molar-refractivity contribution in [3.05, 3.63) is 54.1 Å². The second-order valence-electron chi connectivity index (χ2n) is 7.14. The molecule has 5 nitrogen and oxygen atoms in total. The third-order valence-corrected chi connectivity index (χ3v) is 4.63. The van der Waals surface area contributed by atoms with Crippen molar-refractivity contribution in [2.24, 2.45) is 0 Å². The molecule has 5 heteroatoms. The van der Waals surface area contributed by atoms with Crippen molar-refractivity contribution in [3.63, 3.8) is 0 Å². The zero-order chi connectivity index (χ0) is 18.6. The Labute approximate surface area is 154 Å². The molecule has 0 aliphatic carbocycles. The molecule has 2 aromatic rings. The van der Waals surface area contributed by atoms with E-state index in [0.29, 0.717) is 13.0 Å². The first kappa shape index (κ1) is 18.3. The molecule has 3 rings (SSSR count). The molecular weight excluding hydrogens is 328 g/mol. The number of carbonyl (C=O) groups is 1. The predicted octanol–water partition coefficient (Wildman–Crippen LogP) is 3.49. The van der Waals surface area contributed by atoms with Crippen LogP contribution in [-0.4, -0.2) is 38.3 Å². The zero-order valence-electron chi connectivity index (χ0n) is 15.6. The number of nitrogens with zero attached hydrogens (tertiary/aromatic N) is 1. The second kappa shape index (κ2) is 7.79. The number of morpholine rings is 1.